The first-order chi connectivity index (χ1) is 7.66. The Kier molecular flexibility index (Phi) is 3.39. The predicted octanol–water partition coefficient (Wildman–Crippen LogP) is 2.27. The Morgan fingerprint density at radius 2 is 2.38 bits per heavy atom. The summed E-state index contributed by atoms with van der Waals surface area (Å²) in [6.45, 7) is 1.94. The van der Waals surface area contributed by atoms with Crippen molar-refractivity contribution in [1.82, 2.24) is 0 Å². The molecule has 1 unspecified atom stereocenters. The van der Waals surface area contributed by atoms with Gasteiger partial charge in [-0.05, 0) is 42.9 Å². The van der Waals surface area contributed by atoms with Gasteiger partial charge in [-0.3, -0.25) is 4.79 Å². The van der Waals surface area contributed by atoms with Crippen LogP contribution in [-0.2, 0) is 4.79 Å². The Morgan fingerprint density at radius 1 is 1.56 bits per heavy atom. The number of nitrogens with one attached hydrogen (secondary N) is 1. The van der Waals surface area contributed by atoms with Crippen molar-refractivity contribution in [3.8, 4) is 0 Å². The number of rotatable bonds is 2. The normalized spacial score (nSPS) is 19.7. The zero-order chi connectivity index (χ0) is 11.5. The van der Waals surface area contributed by atoms with Gasteiger partial charge in [0.05, 0.1) is 0 Å². The van der Waals surface area contributed by atoms with Crippen LogP contribution < -0.4 is 11.1 Å². The van der Waals surface area contributed by atoms with Crippen molar-refractivity contribution >= 4 is 29.0 Å². The lowest BCUT2D eigenvalue weighted by atomic mass is 10.1. The van der Waals surface area contributed by atoms with E-state index in [0.29, 0.717) is 0 Å². The van der Waals surface area contributed by atoms with Crippen molar-refractivity contribution in [1.29, 1.82) is 0 Å². The van der Waals surface area contributed by atoms with E-state index in [9.17, 15) is 4.79 Å². The second kappa shape index (κ2) is 4.78. The van der Waals surface area contributed by atoms with Crippen LogP contribution in [0.25, 0.3) is 0 Å². The maximum Gasteiger partial charge on any atom is 0.228 e. The first-order valence-corrected chi connectivity index (χ1v) is 6.57. The molecule has 1 saturated heterocycles. The minimum atomic E-state index is 0.133. The van der Waals surface area contributed by atoms with Gasteiger partial charge < -0.3 is 11.1 Å². The molecule has 0 radical (unpaired) electrons. The van der Waals surface area contributed by atoms with E-state index in [4.69, 9.17) is 5.73 Å². The molecule has 0 saturated carbocycles. The van der Waals surface area contributed by atoms with Crippen LogP contribution in [0.2, 0.25) is 0 Å². The fraction of sp³-hybridized carbons (Fsp3) is 0.417. The Bertz CT molecular complexity index is 400. The second-order valence-electron chi connectivity index (χ2n) is 4.12. The summed E-state index contributed by atoms with van der Waals surface area (Å²) in [5, 5.41) is 2.94. The number of anilines is 2. The number of carbonyl (C=O) groups is 1. The maximum atomic E-state index is 11.9. The van der Waals surface area contributed by atoms with Gasteiger partial charge in [-0.25, -0.2) is 0 Å². The molecule has 3 nitrogen and oxygen atoms in total. The Hall–Kier alpha value is -1.16. The summed E-state index contributed by atoms with van der Waals surface area (Å²) in [6.07, 6.45) is 0.991. The smallest absolute Gasteiger partial charge is 0.228 e. The highest BCUT2D eigenvalue weighted by Gasteiger charge is 2.23. The number of thioether (sulfide) groups is 1. The van der Waals surface area contributed by atoms with E-state index in [-0.39, 0.29) is 11.8 Å². The number of amides is 1. The number of nitrogen functional groups attached to an aromatic ring is 1. The van der Waals surface area contributed by atoms with Crippen LogP contribution in [0.5, 0.6) is 0 Å². The third kappa shape index (κ3) is 2.50. The van der Waals surface area contributed by atoms with E-state index in [2.05, 4.69) is 5.32 Å². The van der Waals surface area contributed by atoms with Crippen LogP contribution in [0.3, 0.4) is 0 Å². The summed E-state index contributed by atoms with van der Waals surface area (Å²) < 4.78 is 0. The van der Waals surface area contributed by atoms with E-state index in [1.807, 2.05) is 36.9 Å². The first kappa shape index (κ1) is 11.3. The topological polar surface area (TPSA) is 55.1 Å². The van der Waals surface area contributed by atoms with Gasteiger partial charge in [-0.2, -0.15) is 11.8 Å². The Labute approximate surface area is 99.8 Å². The fourth-order valence-electron chi connectivity index (χ4n) is 1.74. The summed E-state index contributed by atoms with van der Waals surface area (Å²) in [4.78, 5) is 11.9. The zero-order valence-corrected chi connectivity index (χ0v) is 10.1. The van der Waals surface area contributed by atoms with Crippen LogP contribution in [-0.4, -0.2) is 17.4 Å². The lowest BCUT2D eigenvalue weighted by molar-refractivity contribution is -0.119. The second-order valence-corrected chi connectivity index (χ2v) is 5.27. The quantitative estimate of drug-likeness (QED) is 0.774. The molecule has 1 amide bonds. The van der Waals surface area contributed by atoms with Crippen LogP contribution in [0.1, 0.15) is 12.0 Å². The summed E-state index contributed by atoms with van der Waals surface area (Å²) in [5.74, 6) is 2.34. The van der Waals surface area contributed by atoms with Gasteiger partial charge in [-0.15, -0.1) is 0 Å². The summed E-state index contributed by atoms with van der Waals surface area (Å²) >= 11 is 1.85. The summed E-state index contributed by atoms with van der Waals surface area (Å²) in [5.41, 5.74) is 8.32. The SMILES string of the molecule is Cc1cc(NC(=O)C2CCSC2)ccc1N. The molecule has 1 aromatic rings. The molecule has 16 heavy (non-hydrogen) atoms. The van der Waals surface area contributed by atoms with E-state index in [1.165, 1.54) is 0 Å². The van der Waals surface area contributed by atoms with Gasteiger partial charge in [0.1, 0.15) is 0 Å². The number of aryl methyl sites for hydroxylation is 1. The highest BCUT2D eigenvalue weighted by Crippen LogP contribution is 2.25. The minimum Gasteiger partial charge on any atom is -0.399 e. The van der Waals surface area contributed by atoms with Gasteiger partial charge >= 0.3 is 0 Å². The highest BCUT2D eigenvalue weighted by molar-refractivity contribution is 7.99. The monoisotopic (exact) mass is 236 g/mol. The molecule has 4 heteroatoms. The van der Waals surface area contributed by atoms with Crippen molar-refractivity contribution in [3.05, 3.63) is 23.8 Å². The van der Waals surface area contributed by atoms with Gasteiger partial charge in [0, 0.05) is 23.0 Å². The van der Waals surface area contributed by atoms with Gasteiger partial charge in [0.2, 0.25) is 5.91 Å². The molecule has 0 bridgehead atoms. The van der Waals surface area contributed by atoms with Crippen molar-refractivity contribution in [2.45, 2.75) is 13.3 Å². The molecule has 86 valence electrons. The van der Waals surface area contributed by atoms with E-state index >= 15 is 0 Å². The van der Waals surface area contributed by atoms with Crippen LogP contribution in [0.15, 0.2) is 18.2 Å². The molecular formula is C12H16N2OS. The molecule has 0 aromatic heterocycles. The predicted molar refractivity (Wildman–Crippen MR) is 69.7 cm³/mol. The number of hydrogen-bond acceptors (Lipinski definition) is 3. The van der Waals surface area contributed by atoms with Gasteiger partial charge in [0.15, 0.2) is 0 Å². The Balaban J connectivity index is 2.02. The molecule has 2 rings (SSSR count). The molecule has 1 atom stereocenters. The molecule has 1 aliphatic heterocycles. The fourth-order valence-corrected chi connectivity index (χ4v) is 2.96. The highest BCUT2D eigenvalue weighted by atomic mass is 32.2. The largest absolute Gasteiger partial charge is 0.399 e. The standard InChI is InChI=1S/C12H16N2OS/c1-8-6-10(2-3-11(8)13)14-12(15)9-4-5-16-7-9/h2-3,6,9H,4-5,7,13H2,1H3,(H,14,15). The molecular weight excluding hydrogens is 220 g/mol. The van der Waals surface area contributed by atoms with Gasteiger partial charge in [-0.1, -0.05) is 0 Å². The third-order valence-electron chi connectivity index (χ3n) is 2.84. The molecule has 1 heterocycles. The first-order valence-electron chi connectivity index (χ1n) is 5.41. The lowest BCUT2D eigenvalue weighted by Gasteiger charge is -2.11. The molecule has 1 aliphatic rings. The maximum absolute atomic E-state index is 11.9. The molecule has 0 spiro atoms. The van der Waals surface area contributed by atoms with Crippen molar-refractivity contribution in [3.63, 3.8) is 0 Å². The van der Waals surface area contributed by atoms with Crippen LogP contribution in [0, 0.1) is 12.8 Å². The average Bonchev–Trinajstić information content (AvgIpc) is 2.77. The number of carbonyl (C=O) groups excluding carboxylic acids is 1. The third-order valence-corrected chi connectivity index (χ3v) is 4.00. The number of nitrogens with two attached hydrogens (primary N) is 1. The Morgan fingerprint density at radius 3 is 3.00 bits per heavy atom. The van der Waals surface area contributed by atoms with Crippen LogP contribution >= 0.6 is 11.8 Å². The van der Waals surface area contributed by atoms with Gasteiger partial charge in [0.25, 0.3) is 0 Å². The molecule has 0 aliphatic carbocycles. The number of hydrogen-bond donors (Lipinski definition) is 2. The zero-order valence-electron chi connectivity index (χ0n) is 9.32. The van der Waals surface area contributed by atoms with E-state index in [0.717, 1.165) is 34.9 Å². The molecule has 1 aromatic carbocycles. The minimum absolute atomic E-state index is 0.133. The summed E-state index contributed by atoms with van der Waals surface area (Å²) in [7, 11) is 0. The van der Waals surface area contributed by atoms with Crippen molar-refractivity contribution in [2.24, 2.45) is 5.92 Å². The number of benzene rings is 1. The van der Waals surface area contributed by atoms with Crippen LogP contribution in [0.4, 0.5) is 11.4 Å². The van der Waals surface area contributed by atoms with E-state index < -0.39 is 0 Å². The molecule has 3 N–H and O–H groups in total. The van der Waals surface area contributed by atoms with E-state index in [1.54, 1.807) is 0 Å². The van der Waals surface area contributed by atoms with Crippen molar-refractivity contribution in [2.75, 3.05) is 22.6 Å². The summed E-state index contributed by atoms with van der Waals surface area (Å²) in [6, 6.07) is 5.59. The lowest BCUT2D eigenvalue weighted by Crippen LogP contribution is -2.22. The molecule has 1 fully saturated rings. The average molecular weight is 236 g/mol. The van der Waals surface area contributed by atoms with Crippen molar-refractivity contribution < 1.29 is 4.79 Å².